The number of aliphatic hydroxyl groups is 2. The summed E-state index contributed by atoms with van der Waals surface area (Å²) in [5, 5.41) is 22.8. The molecule has 258 valence electrons. The zero-order valence-corrected chi connectivity index (χ0v) is 29.4. The van der Waals surface area contributed by atoms with Crippen LogP contribution in [0.1, 0.15) is 194 Å². The molecule has 0 aliphatic carbocycles. The van der Waals surface area contributed by atoms with Gasteiger partial charge < -0.3 is 15.5 Å². The monoisotopic (exact) mass is 618 g/mol. The van der Waals surface area contributed by atoms with E-state index in [0.29, 0.717) is 6.42 Å². The van der Waals surface area contributed by atoms with Gasteiger partial charge >= 0.3 is 0 Å². The Morgan fingerprint density at radius 1 is 0.545 bits per heavy atom. The van der Waals surface area contributed by atoms with Gasteiger partial charge in [-0.25, -0.2) is 0 Å². The maximum Gasteiger partial charge on any atom is 0.220 e. The molecule has 0 saturated heterocycles. The third-order valence-corrected chi connectivity index (χ3v) is 8.62. The van der Waals surface area contributed by atoms with Gasteiger partial charge in [0.2, 0.25) is 5.91 Å². The van der Waals surface area contributed by atoms with E-state index in [1.54, 1.807) is 6.08 Å². The lowest BCUT2D eigenvalue weighted by molar-refractivity contribution is -0.123. The lowest BCUT2D eigenvalue weighted by Gasteiger charge is -2.19. The molecule has 0 bridgehead atoms. The van der Waals surface area contributed by atoms with Crippen molar-refractivity contribution < 1.29 is 15.0 Å². The van der Waals surface area contributed by atoms with Crippen LogP contribution in [-0.4, -0.2) is 34.9 Å². The van der Waals surface area contributed by atoms with E-state index < -0.39 is 12.1 Å². The summed E-state index contributed by atoms with van der Waals surface area (Å²) in [5.74, 6) is -0.0790. The van der Waals surface area contributed by atoms with Crippen molar-refractivity contribution >= 4 is 5.91 Å². The molecule has 2 unspecified atom stereocenters. The Balaban J connectivity index is 3.53. The molecule has 0 radical (unpaired) electrons. The van der Waals surface area contributed by atoms with Crippen LogP contribution >= 0.6 is 0 Å². The molecule has 0 fully saturated rings. The normalized spacial score (nSPS) is 13.5. The average Bonchev–Trinajstić information content (AvgIpc) is 3.03. The van der Waals surface area contributed by atoms with E-state index >= 15 is 0 Å². The summed E-state index contributed by atoms with van der Waals surface area (Å²) in [7, 11) is 0. The Morgan fingerprint density at radius 3 is 1.30 bits per heavy atom. The number of unbranched alkanes of at least 4 members (excludes halogenated alkanes) is 23. The topological polar surface area (TPSA) is 69.6 Å². The molecule has 44 heavy (non-hydrogen) atoms. The fraction of sp³-hybridized carbons (Fsp3) is 0.825. The van der Waals surface area contributed by atoms with Crippen LogP contribution in [0.2, 0.25) is 0 Å². The van der Waals surface area contributed by atoms with E-state index in [1.807, 2.05) is 6.08 Å². The van der Waals surface area contributed by atoms with E-state index in [9.17, 15) is 15.0 Å². The standard InChI is InChI=1S/C40H75NO3/c1-3-5-7-9-11-13-15-16-17-18-19-20-21-22-23-24-25-26-28-30-32-34-36-40(44)41-38(37-42)39(43)35-33-31-29-27-14-12-10-8-6-4-2/h6,8,14,27,33,35,38-39,42-43H,3-5,7,9-13,15-26,28-32,34,36-37H2,1-2H3,(H,41,44)/b8-6+,27-14+,35-33+. The molecule has 4 heteroatoms. The van der Waals surface area contributed by atoms with Gasteiger partial charge in [0, 0.05) is 6.42 Å². The number of rotatable bonds is 34. The van der Waals surface area contributed by atoms with E-state index in [4.69, 9.17) is 0 Å². The minimum absolute atomic E-state index is 0.0790. The van der Waals surface area contributed by atoms with Gasteiger partial charge in [-0.15, -0.1) is 0 Å². The molecule has 0 aromatic rings. The minimum atomic E-state index is -0.864. The van der Waals surface area contributed by atoms with E-state index in [-0.39, 0.29) is 12.5 Å². The molecule has 4 nitrogen and oxygen atoms in total. The van der Waals surface area contributed by atoms with Crippen LogP contribution in [0, 0.1) is 0 Å². The summed E-state index contributed by atoms with van der Waals surface area (Å²) >= 11 is 0. The third kappa shape index (κ3) is 32.0. The number of allylic oxidation sites excluding steroid dienone is 5. The molecule has 0 aromatic heterocycles. The molecule has 0 aliphatic heterocycles. The van der Waals surface area contributed by atoms with Crippen LogP contribution in [0.5, 0.6) is 0 Å². The predicted molar refractivity (Wildman–Crippen MR) is 193 cm³/mol. The van der Waals surface area contributed by atoms with Gasteiger partial charge in [-0.1, -0.05) is 185 Å². The first-order chi connectivity index (χ1) is 21.7. The molecule has 0 heterocycles. The van der Waals surface area contributed by atoms with E-state index in [2.05, 4.69) is 43.5 Å². The Labute approximate surface area is 274 Å². The lowest BCUT2D eigenvalue weighted by Crippen LogP contribution is -2.45. The summed E-state index contributed by atoms with van der Waals surface area (Å²) in [6.07, 6.45) is 46.8. The van der Waals surface area contributed by atoms with Crippen molar-refractivity contribution in [2.24, 2.45) is 0 Å². The van der Waals surface area contributed by atoms with Crippen molar-refractivity contribution in [3.63, 3.8) is 0 Å². The molecule has 0 aliphatic rings. The number of hydrogen-bond acceptors (Lipinski definition) is 3. The number of carbonyl (C=O) groups excluding carboxylic acids is 1. The minimum Gasteiger partial charge on any atom is -0.394 e. The van der Waals surface area contributed by atoms with Gasteiger partial charge in [0.1, 0.15) is 0 Å². The third-order valence-electron chi connectivity index (χ3n) is 8.62. The second kappa shape index (κ2) is 36.1. The number of hydrogen-bond donors (Lipinski definition) is 3. The molecule has 0 saturated carbocycles. The first-order valence-corrected chi connectivity index (χ1v) is 19.2. The second-order valence-corrected chi connectivity index (χ2v) is 13.0. The fourth-order valence-corrected chi connectivity index (χ4v) is 5.69. The lowest BCUT2D eigenvalue weighted by atomic mass is 10.0. The van der Waals surface area contributed by atoms with Crippen LogP contribution in [0.25, 0.3) is 0 Å². The van der Waals surface area contributed by atoms with Crippen LogP contribution in [0.4, 0.5) is 0 Å². The van der Waals surface area contributed by atoms with Crippen LogP contribution in [-0.2, 0) is 4.79 Å². The molecule has 0 rings (SSSR count). The largest absolute Gasteiger partial charge is 0.394 e. The Kier molecular flexibility index (Phi) is 34.9. The van der Waals surface area contributed by atoms with E-state index in [0.717, 1.165) is 44.9 Å². The van der Waals surface area contributed by atoms with Crippen molar-refractivity contribution in [1.82, 2.24) is 5.32 Å². The van der Waals surface area contributed by atoms with Gasteiger partial charge in [-0.3, -0.25) is 4.79 Å². The molecule has 2 atom stereocenters. The second-order valence-electron chi connectivity index (χ2n) is 13.0. The zero-order valence-electron chi connectivity index (χ0n) is 29.4. The number of aliphatic hydroxyl groups excluding tert-OH is 2. The van der Waals surface area contributed by atoms with Crippen molar-refractivity contribution in [3.05, 3.63) is 36.5 Å². The predicted octanol–water partition coefficient (Wildman–Crippen LogP) is 11.5. The number of amides is 1. The number of nitrogens with one attached hydrogen (secondary N) is 1. The van der Waals surface area contributed by atoms with Gasteiger partial charge in [0.25, 0.3) is 0 Å². The van der Waals surface area contributed by atoms with Crippen molar-refractivity contribution in [2.45, 2.75) is 206 Å². The summed E-state index contributed by atoms with van der Waals surface area (Å²) in [5.41, 5.74) is 0. The van der Waals surface area contributed by atoms with Crippen LogP contribution in [0.3, 0.4) is 0 Å². The maximum atomic E-state index is 12.3. The highest BCUT2D eigenvalue weighted by atomic mass is 16.3. The van der Waals surface area contributed by atoms with Crippen molar-refractivity contribution in [2.75, 3.05) is 6.61 Å². The van der Waals surface area contributed by atoms with Crippen molar-refractivity contribution in [1.29, 1.82) is 0 Å². The highest BCUT2D eigenvalue weighted by Gasteiger charge is 2.17. The molecular formula is C40H75NO3. The van der Waals surface area contributed by atoms with Gasteiger partial charge in [-0.2, -0.15) is 0 Å². The first kappa shape index (κ1) is 42.6. The Hall–Kier alpha value is -1.39. The quantitative estimate of drug-likeness (QED) is 0.0497. The summed E-state index contributed by atoms with van der Waals surface area (Å²) in [6.45, 7) is 4.17. The number of carbonyl (C=O) groups is 1. The van der Waals surface area contributed by atoms with E-state index in [1.165, 1.54) is 128 Å². The van der Waals surface area contributed by atoms with Crippen LogP contribution in [0.15, 0.2) is 36.5 Å². The summed E-state index contributed by atoms with van der Waals surface area (Å²) in [4.78, 5) is 12.3. The average molecular weight is 618 g/mol. The van der Waals surface area contributed by atoms with Gasteiger partial charge in [0.05, 0.1) is 18.8 Å². The molecular weight excluding hydrogens is 542 g/mol. The molecule has 3 N–H and O–H groups in total. The van der Waals surface area contributed by atoms with Gasteiger partial charge in [0.15, 0.2) is 0 Å². The maximum absolute atomic E-state index is 12.3. The van der Waals surface area contributed by atoms with Crippen LogP contribution < -0.4 is 5.32 Å². The highest BCUT2D eigenvalue weighted by Crippen LogP contribution is 2.15. The Bertz CT molecular complexity index is 672. The molecule has 0 aromatic carbocycles. The molecule has 0 spiro atoms. The smallest absolute Gasteiger partial charge is 0.220 e. The van der Waals surface area contributed by atoms with Crippen molar-refractivity contribution in [3.8, 4) is 0 Å². The highest BCUT2D eigenvalue weighted by molar-refractivity contribution is 5.76. The van der Waals surface area contributed by atoms with Gasteiger partial charge in [-0.05, 0) is 38.5 Å². The summed E-state index contributed by atoms with van der Waals surface area (Å²) in [6, 6.07) is -0.639. The SMILES string of the molecule is CC/C=C/CC/C=C/CC/C=C/C(O)C(CO)NC(=O)CCCCCCCCCCCCCCCCCCCCCCCC. The summed E-state index contributed by atoms with van der Waals surface area (Å²) < 4.78 is 0. The first-order valence-electron chi connectivity index (χ1n) is 19.2. The zero-order chi connectivity index (χ0) is 32.2. The Morgan fingerprint density at radius 2 is 0.909 bits per heavy atom. The molecule has 1 amide bonds. The fourth-order valence-electron chi connectivity index (χ4n) is 5.69.